The summed E-state index contributed by atoms with van der Waals surface area (Å²) in [5.74, 6) is 0.143. The minimum Gasteiger partial charge on any atom is -0.298 e. The Bertz CT molecular complexity index is 173. The molecule has 0 unspecified atom stereocenters. The number of hydrogen-bond acceptors (Lipinski definition) is 3. The maximum Gasteiger partial charge on any atom is 0.154 e. The smallest absolute Gasteiger partial charge is 0.154 e. The molecule has 0 saturated carbocycles. The summed E-state index contributed by atoms with van der Waals surface area (Å²) in [6.45, 7) is 3.94. The maximum atomic E-state index is 11.0. The summed E-state index contributed by atoms with van der Waals surface area (Å²) < 4.78 is 0. The van der Waals surface area contributed by atoms with E-state index in [4.69, 9.17) is 0 Å². The van der Waals surface area contributed by atoms with Crippen molar-refractivity contribution in [3.8, 4) is 0 Å². The largest absolute Gasteiger partial charge is 0.298 e. The fraction of sp³-hybridized carbons (Fsp3) is 0.778. The second-order valence-electron chi connectivity index (χ2n) is 3.32. The van der Waals surface area contributed by atoms with E-state index in [-0.39, 0.29) is 18.0 Å². The van der Waals surface area contributed by atoms with Crippen LogP contribution in [0, 0.1) is 0 Å². The van der Waals surface area contributed by atoms with E-state index in [2.05, 4.69) is 6.92 Å². The van der Waals surface area contributed by atoms with Crippen LogP contribution in [0.1, 0.15) is 26.2 Å². The van der Waals surface area contributed by atoms with Crippen LogP contribution >= 0.6 is 0 Å². The highest BCUT2D eigenvalue weighted by Gasteiger charge is 2.21. The number of ketones is 2. The van der Waals surface area contributed by atoms with Crippen molar-refractivity contribution in [1.82, 2.24) is 4.90 Å². The van der Waals surface area contributed by atoms with Gasteiger partial charge in [0.05, 0.1) is 19.5 Å². The molecule has 1 aliphatic rings. The molecule has 1 saturated heterocycles. The molecule has 3 heteroatoms. The molecule has 68 valence electrons. The molecule has 0 aromatic carbocycles. The third-order valence-corrected chi connectivity index (χ3v) is 2.02. The van der Waals surface area contributed by atoms with Crippen LogP contribution in [0.25, 0.3) is 0 Å². The lowest BCUT2D eigenvalue weighted by Gasteiger charge is -2.24. The Balaban J connectivity index is 2.34. The minimum absolute atomic E-state index is 0.0716. The molecule has 1 rings (SSSR count). The highest BCUT2D eigenvalue weighted by molar-refractivity contribution is 6.02. The third-order valence-electron chi connectivity index (χ3n) is 2.02. The summed E-state index contributed by atoms with van der Waals surface area (Å²) >= 11 is 0. The van der Waals surface area contributed by atoms with Crippen LogP contribution in [0.15, 0.2) is 0 Å². The first-order chi connectivity index (χ1) is 5.72. The van der Waals surface area contributed by atoms with Crippen LogP contribution in [0.5, 0.6) is 0 Å². The second-order valence-corrected chi connectivity index (χ2v) is 3.32. The molecule has 0 amide bonds. The predicted molar refractivity (Wildman–Crippen MR) is 46.0 cm³/mol. The lowest BCUT2D eigenvalue weighted by atomic mass is 10.1. The van der Waals surface area contributed by atoms with Crippen molar-refractivity contribution in [3.63, 3.8) is 0 Å². The van der Waals surface area contributed by atoms with Crippen LogP contribution in [0.3, 0.4) is 0 Å². The Morgan fingerprint density at radius 2 is 1.83 bits per heavy atom. The number of hydrogen-bond donors (Lipinski definition) is 0. The van der Waals surface area contributed by atoms with E-state index in [1.54, 1.807) is 0 Å². The highest BCUT2D eigenvalue weighted by Crippen LogP contribution is 2.03. The zero-order valence-corrected chi connectivity index (χ0v) is 7.51. The van der Waals surface area contributed by atoms with Gasteiger partial charge in [-0.25, -0.2) is 0 Å². The van der Waals surface area contributed by atoms with Gasteiger partial charge in [-0.15, -0.1) is 0 Å². The van der Waals surface area contributed by atoms with Crippen molar-refractivity contribution in [2.24, 2.45) is 0 Å². The van der Waals surface area contributed by atoms with Crippen LogP contribution in [0.4, 0.5) is 0 Å². The van der Waals surface area contributed by atoms with E-state index in [0.717, 1.165) is 19.4 Å². The maximum absolute atomic E-state index is 11.0. The average molecular weight is 169 g/mol. The Morgan fingerprint density at radius 1 is 1.25 bits per heavy atom. The molecule has 0 spiro atoms. The molecule has 0 atom stereocenters. The quantitative estimate of drug-likeness (QED) is 0.581. The molecule has 0 bridgehead atoms. The highest BCUT2D eigenvalue weighted by atomic mass is 16.2. The van der Waals surface area contributed by atoms with Crippen LogP contribution in [-0.2, 0) is 9.59 Å². The number of carbonyl (C=O) groups is 2. The number of unbranched alkanes of at least 4 members (excludes halogenated alkanes) is 1. The number of rotatable bonds is 3. The van der Waals surface area contributed by atoms with Crippen LogP contribution in [0.2, 0.25) is 0 Å². The van der Waals surface area contributed by atoms with E-state index in [1.807, 2.05) is 4.90 Å². The normalized spacial score (nSPS) is 20.1. The molecule has 3 nitrogen and oxygen atoms in total. The van der Waals surface area contributed by atoms with Gasteiger partial charge in [-0.05, 0) is 13.0 Å². The van der Waals surface area contributed by atoms with Gasteiger partial charge < -0.3 is 0 Å². The topological polar surface area (TPSA) is 37.4 Å². The van der Waals surface area contributed by atoms with Crippen LogP contribution in [-0.4, -0.2) is 36.1 Å². The fourth-order valence-corrected chi connectivity index (χ4v) is 1.43. The van der Waals surface area contributed by atoms with E-state index < -0.39 is 0 Å². The van der Waals surface area contributed by atoms with Gasteiger partial charge in [0, 0.05) is 0 Å². The molecule has 0 radical (unpaired) electrons. The summed E-state index contributed by atoms with van der Waals surface area (Å²) in [5.41, 5.74) is 0. The standard InChI is InChI=1S/C9H15NO2/c1-2-3-4-10-6-8(11)5-9(12)7-10/h2-7H2,1H3. The zero-order chi connectivity index (χ0) is 8.97. The molecule has 1 fully saturated rings. The first-order valence-corrected chi connectivity index (χ1v) is 4.48. The minimum atomic E-state index is 0.0716. The molecule has 12 heavy (non-hydrogen) atoms. The second kappa shape index (κ2) is 4.36. The summed E-state index contributed by atoms with van der Waals surface area (Å²) in [7, 11) is 0. The Hall–Kier alpha value is -0.700. The van der Waals surface area contributed by atoms with E-state index in [0.29, 0.717) is 13.1 Å². The van der Waals surface area contributed by atoms with Crippen molar-refractivity contribution in [3.05, 3.63) is 0 Å². The van der Waals surface area contributed by atoms with Gasteiger partial charge in [0.1, 0.15) is 0 Å². The van der Waals surface area contributed by atoms with Crippen molar-refractivity contribution in [2.75, 3.05) is 19.6 Å². The Labute approximate surface area is 72.7 Å². The van der Waals surface area contributed by atoms with Gasteiger partial charge in [0.25, 0.3) is 0 Å². The van der Waals surface area contributed by atoms with Gasteiger partial charge in [-0.1, -0.05) is 13.3 Å². The molecule has 0 aliphatic carbocycles. The van der Waals surface area contributed by atoms with E-state index in [9.17, 15) is 9.59 Å². The molecule has 0 N–H and O–H groups in total. The summed E-state index contributed by atoms with van der Waals surface area (Å²) in [6.07, 6.45) is 2.34. The first-order valence-electron chi connectivity index (χ1n) is 4.48. The van der Waals surface area contributed by atoms with Crippen molar-refractivity contribution >= 4 is 11.6 Å². The monoisotopic (exact) mass is 169 g/mol. The summed E-state index contributed by atoms with van der Waals surface area (Å²) in [4.78, 5) is 23.9. The lowest BCUT2D eigenvalue weighted by molar-refractivity contribution is -0.132. The average Bonchev–Trinajstić information content (AvgIpc) is 1.99. The van der Waals surface area contributed by atoms with E-state index in [1.165, 1.54) is 0 Å². The van der Waals surface area contributed by atoms with E-state index >= 15 is 0 Å². The number of piperidine rings is 1. The van der Waals surface area contributed by atoms with Crippen molar-refractivity contribution in [2.45, 2.75) is 26.2 Å². The number of carbonyl (C=O) groups excluding carboxylic acids is 2. The Kier molecular flexibility index (Phi) is 3.41. The van der Waals surface area contributed by atoms with Crippen molar-refractivity contribution < 1.29 is 9.59 Å². The number of Topliss-reactive ketones (excluding diaryl/α,β-unsaturated/α-hetero) is 2. The van der Waals surface area contributed by atoms with Gasteiger partial charge >= 0.3 is 0 Å². The van der Waals surface area contributed by atoms with Crippen LogP contribution < -0.4 is 0 Å². The van der Waals surface area contributed by atoms with Gasteiger partial charge in [0.15, 0.2) is 11.6 Å². The molecule has 1 aliphatic heterocycles. The fourth-order valence-electron chi connectivity index (χ4n) is 1.43. The molecule has 1 heterocycles. The molecule has 0 aromatic rings. The number of likely N-dealkylation sites (tertiary alicyclic amines) is 1. The van der Waals surface area contributed by atoms with Gasteiger partial charge in [0.2, 0.25) is 0 Å². The molecular weight excluding hydrogens is 154 g/mol. The lowest BCUT2D eigenvalue weighted by Crippen LogP contribution is -2.41. The van der Waals surface area contributed by atoms with Gasteiger partial charge in [-0.2, -0.15) is 0 Å². The predicted octanol–water partition coefficient (Wildman–Crippen LogP) is 0.630. The molecular formula is C9H15NO2. The van der Waals surface area contributed by atoms with Crippen molar-refractivity contribution in [1.29, 1.82) is 0 Å². The van der Waals surface area contributed by atoms with Gasteiger partial charge in [-0.3, -0.25) is 14.5 Å². The SMILES string of the molecule is CCCCN1CC(=O)CC(=O)C1. The summed E-state index contributed by atoms with van der Waals surface area (Å²) in [5, 5.41) is 0. The third kappa shape index (κ3) is 2.74. The molecule has 0 aromatic heterocycles. The Morgan fingerprint density at radius 3 is 2.33 bits per heavy atom. The summed E-state index contributed by atoms with van der Waals surface area (Å²) in [6, 6.07) is 0. The first kappa shape index (κ1) is 9.39. The zero-order valence-electron chi connectivity index (χ0n) is 7.51. The number of nitrogens with zero attached hydrogens (tertiary/aromatic N) is 1.